The Morgan fingerprint density at radius 1 is 1.10 bits per heavy atom. The van der Waals surface area contributed by atoms with E-state index >= 15 is 0 Å². The number of hydrogen-bond donors (Lipinski definition) is 1. The zero-order valence-corrected chi connectivity index (χ0v) is 17.2. The predicted octanol–water partition coefficient (Wildman–Crippen LogP) is 5.43. The summed E-state index contributed by atoms with van der Waals surface area (Å²) in [6, 6.07) is 19.4. The number of benzene rings is 2. The lowest BCUT2D eigenvalue weighted by atomic mass is 10.0. The van der Waals surface area contributed by atoms with Crippen molar-refractivity contribution < 1.29 is 4.79 Å². The fourth-order valence-corrected chi connectivity index (χ4v) is 3.55. The van der Waals surface area contributed by atoms with Gasteiger partial charge in [-0.25, -0.2) is 4.98 Å². The average Bonchev–Trinajstić information content (AvgIpc) is 3.11. The van der Waals surface area contributed by atoms with Crippen LogP contribution in [0.1, 0.15) is 36.5 Å². The summed E-state index contributed by atoms with van der Waals surface area (Å²) in [5, 5.41) is 7.85. The van der Waals surface area contributed by atoms with Crippen LogP contribution in [0.2, 0.25) is 0 Å². The van der Waals surface area contributed by atoms with Gasteiger partial charge < -0.3 is 0 Å². The van der Waals surface area contributed by atoms with Crippen LogP contribution in [0, 0.1) is 10.7 Å². The number of pyridine rings is 1. The van der Waals surface area contributed by atoms with Gasteiger partial charge >= 0.3 is 0 Å². The number of rotatable bonds is 6. The normalized spacial score (nSPS) is 11.3. The van der Waals surface area contributed by atoms with Gasteiger partial charge in [0.2, 0.25) is 11.6 Å². The summed E-state index contributed by atoms with van der Waals surface area (Å²) in [6.07, 6.45) is 0.917. The van der Waals surface area contributed by atoms with Crippen molar-refractivity contribution in [2.75, 3.05) is 0 Å². The molecule has 4 aromatic rings. The molecular formula is C23H22N4OS. The van der Waals surface area contributed by atoms with E-state index in [4.69, 9.17) is 17.2 Å². The minimum atomic E-state index is -0.156. The second-order valence-electron chi connectivity index (χ2n) is 7.45. The smallest absolute Gasteiger partial charge is 0.231 e. The highest BCUT2D eigenvalue weighted by Crippen LogP contribution is 2.26. The van der Waals surface area contributed by atoms with E-state index in [0.29, 0.717) is 28.6 Å². The number of aromatic nitrogens is 4. The largest absolute Gasteiger partial charge is 0.297 e. The van der Waals surface area contributed by atoms with Crippen LogP contribution in [-0.2, 0) is 6.54 Å². The summed E-state index contributed by atoms with van der Waals surface area (Å²) in [7, 11) is 0. The Morgan fingerprint density at radius 3 is 2.59 bits per heavy atom. The lowest BCUT2D eigenvalue weighted by Gasteiger charge is -2.11. The SMILES string of the molecule is CC(C)CCn1c(C(=O)c2cc(-c3ccccc3)nc3ccccc23)n[nH]c1=S. The van der Waals surface area contributed by atoms with Crippen molar-refractivity contribution >= 4 is 28.9 Å². The minimum absolute atomic E-state index is 0.156. The molecule has 0 spiro atoms. The topological polar surface area (TPSA) is 63.6 Å². The second kappa shape index (κ2) is 8.09. The molecule has 5 nitrogen and oxygen atoms in total. The molecule has 0 bridgehead atoms. The maximum atomic E-state index is 13.5. The van der Waals surface area contributed by atoms with Gasteiger partial charge in [-0.1, -0.05) is 62.4 Å². The summed E-state index contributed by atoms with van der Waals surface area (Å²) in [6.45, 7) is 4.95. The number of hydrogen-bond acceptors (Lipinski definition) is 4. The summed E-state index contributed by atoms with van der Waals surface area (Å²) >= 11 is 5.37. The lowest BCUT2D eigenvalue weighted by molar-refractivity contribution is 0.102. The molecule has 0 unspecified atom stereocenters. The van der Waals surface area contributed by atoms with Gasteiger partial charge in [0.25, 0.3) is 0 Å². The van der Waals surface area contributed by atoms with E-state index in [2.05, 4.69) is 24.0 Å². The van der Waals surface area contributed by atoms with Gasteiger partial charge in [-0.05, 0) is 36.7 Å². The molecule has 146 valence electrons. The first kappa shape index (κ1) is 19.2. The molecular weight excluding hydrogens is 380 g/mol. The Morgan fingerprint density at radius 2 is 1.83 bits per heavy atom. The molecule has 2 heterocycles. The average molecular weight is 403 g/mol. The van der Waals surface area contributed by atoms with E-state index in [9.17, 15) is 4.79 Å². The van der Waals surface area contributed by atoms with Crippen molar-refractivity contribution in [3.63, 3.8) is 0 Å². The summed E-state index contributed by atoms with van der Waals surface area (Å²) in [4.78, 5) is 18.3. The third-order valence-corrected chi connectivity index (χ3v) is 5.23. The Bertz CT molecular complexity index is 1220. The Hall–Kier alpha value is -3.12. The van der Waals surface area contributed by atoms with Gasteiger partial charge in [-0.15, -0.1) is 0 Å². The Kier molecular flexibility index (Phi) is 5.36. The van der Waals surface area contributed by atoms with Crippen LogP contribution in [0.5, 0.6) is 0 Å². The molecule has 1 N–H and O–H groups in total. The van der Waals surface area contributed by atoms with Crippen molar-refractivity contribution in [1.29, 1.82) is 0 Å². The van der Waals surface area contributed by atoms with Gasteiger partial charge in [-0.2, -0.15) is 5.10 Å². The second-order valence-corrected chi connectivity index (χ2v) is 7.84. The first-order valence-electron chi connectivity index (χ1n) is 9.69. The quantitative estimate of drug-likeness (QED) is 0.345. The lowest BCUT2D eigenvalue weighted by Crippen LogP contribution is -2.14. The highest BCUT2D eigenvalue weighted by molar-refractivity contribution is 7.71. The maximum absolute atomic E-state index is 13.5. The maximum Gasteiger partial charge on any atom is 0.231 e. The molecule has 0 aliphatic rings. The zero-order valence-electron chi connectivity index (χ0n) is 16.4. The van der Waals surface area contributed by atoms with Crippen LogP contribution >= 0.6 is 12.2 Å². The highest BCUT2D eigenvalue weighted by Gasteiger charge is 2.21. The van der Waals surface area contributed by atoms with Crippen molar-refractivity contribution in [3.8, 4) is 11.3 Å². The van der Waals surface area contributed by atoms with Gasteiger partial charge in [0.05, 0.1) is 11.2 Å². The molecule has 0 aliphatic carbocycles. The van der Waals surface area contributed by atoms with E-state index in [0.717, 1.165) is 28.6 Å². The molecule has 0 amide bonds. The molecule has 29 heavy (non-hydrogen) atoms. The fourth-order valence-electron chi connectivity index (χ4n) is 3.33. The van der Waals surface area contributed by atoms with E-state index in [1.54, 1.807) is 4.57 Å². The molecule has 4 rings (SSSR count). The summed E-state index contributed by atoms with van der Waals surface area (Å²) < 4.78 is 2.27. The third-order valence-electron chi connectivity index (χ3n) is 4.92. The van der Waals surface area contributed by atoms with Crippen LogP contribution in [0.25, 0.3) is 22.2 Å². The van der Waals surface area contributed by atoms with Crippen molar-refractivity contribution in [1.82, 2.24) is 19.7 Å². The summed E-state index contributed by atoms with van der Waals surface area (Å²) in [5.74, 6) is 0.684. The number of nitrogens with zero attached hydrogens (tertiary/aromatic N) is 3. The van der Waals surface area contributed by atoms with Crippen LogP contribution in [0.3, 0.4) is 0 Å². The molecule has 0 aliphatic heterocycles. The zero-order chi connectivity index (χ0) is 20.4. The van der Waals surface area contributed by atoms with E-state index in [1.807, 2.05) is 60.7 Å². The molecule has 0 fully saturated rings. The molecule has 6 heteroatoms. The van der Waals surface area contributed by atoms with Crippen LogP contribution in [0.4, 0.5) is 0 Å². The Balaban J connectivity index is 1.86. The van der Waals surface area contributed by atoms with E-state index < -0.39 is 0 Å². The number of H-pyrrole nitrogens is 1. The van der Waals surface area contributed by atoms with Crippen LogP contribution in [-0.4, -0.2) is 25.5 Å². The molecule has 2 aromatic carbocycles. The monoisotopic (exact) mass is 402 g/mol. The van der Waals surface area contributed by atoms with Gasteiger partial charge in [0, 0.05) is 23.1 Å². The minimum Gasteiger partial charge on any atom is -0.297 e. The van der Waals surface area contributed by atoms with E-state index in [1.165, 1.54) is 0 Å². The number of carbonyl (C=O) groups excluding carboxylic acids is 1. The standard InChI is InChI=1S/C23H22N4OS/c1-15(2)12-13-27-22(25-26-23(27)29)21(28)18-14-20(16-8-4-3-5-9-16)24-19-11-7-6-10-17(18)19/h3-11,14-15H,12-13H2,1-2H3,(H,26,29). The van der Waals surface area contributed by atoms with Crippen LogP contribution in [0.15, 0.2) is 60.7 Å². The van der Waals surface area contributed by atoms with Gasteiger partial charge in [0.1, 0.15) is 0 Å². The van der Waals surface area contributed by atoms with Crippen molar-refractivity contribution in [2.45, 2.75) is 26.8 Å². The number of ketones is 1. The van der Waals surface area contributed by atoms with Crippen LogP contribution < -0.4 is 0 Å². The molecule has 2 aromatic heterocycles. The molecule has 0 saturated carbocycles. The number of aromatic amines is 1. The van der Waals surface area contributed by atoms with E-state index in [-0.39, 0.29) is 5.78 Å². The first-order valence-corrected chi connectivity index (χ1v) is 10.1. The van der Waals surface area contributed by atoms with Crippen molar-refractivity contribution in [2.24, 2.45) is 5.92 Å². The number of carbonyl (C=O) groups is 1. The summed E-state index contributed by atoms with van der Waals surface area (Å²) in [5.41, 5.74) is 3.08. The molecule has 0 saturated heterocycles. The first-order chi connectivity index (χ1) is 14.0. The predicted molar refractivity (Wildman–Crippen MR) is 117 cm³/mol. The fraction of sp³-hybridized carbons (Fsp3) is 0.217. The number of nitrogens with one attached hydrogen (secondary N) is 1. The highest BCUT2D eigenvalue weighted by atomic mass is 32.1. The van der Waals surface area contributed by atoms with Crippen molar-refractivity contribution in [3.05, 3.63) is 76.8 Å². The molecule has 0 radical (unpaired) electrons. The number of para-hydroxylation sites is 1. The number of fused-ring (bicyclic) bond motifs is 1. The Labute approximate surface area is 174 Å². The molecule has 0 atom stereocenters. The third kappa shape index (κ3) is 3.89. The van der Waals surface area contributed by atoms with Gasteiger partial charge in [-0.3, -0.25) is 14.5 Å². The van der Waals surface area contributed by atoms with Gasteiger partial charge in [0.15, 0.2) is 4.77 Å².